The van der Waals surface area contributed by atoms with E-state index in [1.165, 1.54) is 18.8 Å². The highest BCUT2D eigenvalue weighted by Gasteiger charge is 2.33. The molecule has 0 radical (unpaired) electrons. The van der Waals surface area contributed by atoms with Crippen molar-refractivity contribution in [1.82, 2.24) is 4.57 Å². The van der Waals surface area contributed by atoms with E-state index in [4.69, 9.17) is 9.47 Å². The molecule has 140 valence electrons. The summed E-state index contributed by atoms with van der Waals surface area (Å²) in [6.45, 7) is 0. The zero-order chi connectivity index (χ0) is 19.6. The number of hydrogen-bond acceptors (Lipinski definition) is 5. The molecule has 0 saturated carbocycles. The number of hydrogen-bond donors (Lipinski definition) is 1. The quantitative estimate of drug-likeness (QED) is 0.637. The molecule has 0 spiro atoms. The summed E-state index contributed by atoms with van der Waals surface area (Å²) in [5.74, 6) is -1.47. The molecule has 2 atom stereocenters. The summed E-state index contributed by atoms with van der Waals surface area (Å²) < 4.78 is 11.8. The van der Waals surface area contributed by atoms with Crippen LogP contribution < -0.4 is 0 Å². The normalized spacial score (nSPS) is 13.2. The lowest BCUT2D eigenvalue weighted by molar-refractivity contribution is -0.151. The fourth-order valence-corrected chi connectivity index (χ4v) is 3.43. The van der Waals surface area contributed by atoms with Crippen LogP contribution in [-0.4, -0.2) is 42.1 Å². The van der Waals surface area contributed by atoms with Crippen LogP contribution >= 0.6 is 15.9 Å². The van der Waals surface area contributed by atoms with Crippen LogP contribution in [0.15, 0.2) is 59.2 Å². The molecule has 1 aromatic heterocycles. The van der Waals surface area contributed by atoms with E-state index < -0.39 is 24.1 Å². The van der Waals surface area contributed by atoms with Crippen molar-refractivity contribution in [2.24, 2.45) is 0 Å². The van der Waals surface area contributed by atoms with Gasteiger partial charge in [-0.05, 0) is 29.3 Å². The molecule has 0 aliphatic carbocycles. The number of esters is 1. The molecule has 1 heterocycles. The van der Waals surface area contributed by atoms with Crippen molar-refractivity contribution in [3.63, 3.8) is 0 Å². The number of aromatic nitrogens is 1. The van der Waals surface area contributed by atoms with Crippen molar-refractivity contribution in [2.45, 2.75) is 12.0 Å². The van der Waals surface area contributed by atoms with Crippen LogP contribution in [0, 0.1) is 0 Å². The Bertz CT molecular complexity index is 980. The van der Waals surface area contributed by atoms with E-state index in [-0.39, 0.29) is 0 Å². The van der Waals surface area contributed by atoms with Gasteiger partial charge in [-0.1, -0.05) is 46.3 Å². The minimum Gasteiger partial charge on any atom is -0.467 e. The second-order valence-corrected chi connectivity index (χ2v) is 6.85. The molecular weight excluding hydrogens is 414 g/mol. The van der Waals surface area contributed by atoms with Gasteiger partial charge in [-0.25, -0.2) is 9.59 Å². The lowest BCUT2D eigenvalue weighted by atomic mass is 9.86. The van der Waals surface area contributed by atoms with Gasteiger partial charge in [-0.2, -0.15) is 0 Å². The summed E-state index contributed by atoms with van der Waals surface area (Å²) in [6, 6.07) is 14.5. The van der Waals surface area contributed by atoms with Crippen LogP contribution in [0.4, 0.5) is 4.79 Å². The molecule has 27 heavy (non-hydrogen) atoms. The van der Waals surface area contributed by atoms with Gasteiger partial charge in [-0.3, -0.25) is 4.57 Å². The van der Waals surface area contributed by atoms with E-state index in [0.29, 0.717) is 16.6 Å². The summed E-state index contributed by atoms with van der Waals surface area (Å²) in [5, 5.41) is 11.4. The van der Waals surface area contributed by atoms with E-state index in [0.717, 1.165) is 9.86 Å². The SMILES string of the molecule is COC(=O)[C@H](O)[C@@H](c1ccc(Br)cc1)c1cn(C(=O)OC)c2ccccc12. The van der Waals surface area contributed by atoms with E-state index in [1.54, 1.807) is 18.3 Å². The maximum absolute atomic E-state index is 12.2. The first-order valence-corrected chi connectivity index (χ1v) is 8.97. The minimum absolute atomic E-state index is 0.556. The lowest BCUT2D eigenvalue weighted by Crippen LogP contribution is -2.30. The molecule has 2 aromatic carbocycles. The third-order valence-corrected chi connectivity index (χ3v) is 4.97. The van der Waals surface area contributed by atoms with Crippen LogP contribution in [0.25, 0.3) is 10.9 Å². The molecular formula is C20H18BrNO5. The number of methoxy groups -OCH3 is 2. The minimum atomic E-state index is -1.44. The van der Waals surface area contributed by atoms with Gasteiger partial charge >= 0.3 is 12.1 Å². The third-order valence-electron chi connectivity index (χ3n) is 4.44. The average Bonchev–Trinajstić information content (AvgIpc) is 3.07. The molecule has 7 heteroatoms. The van der Waals surface area contributed by atoms with Gasteiger partial charge in [-0.15, -0.1) is 0 Å². The molecule has 0 bridgehead atoms. The number of nitrogens with zero attached hydrogens (tertiary/aromatic N) is 1. The van der Waals surface area contributed by atoms with Gasteiger partial charge in [0, 0.05) is 22.0 Å². The van der Waals surface area contributed by atoms with Crippen LogP contribution in [-0.2, 0) is 14.3 Å². The number of carbonyl (C=O) groups is 2. The highest BCUT2D eigenvalue weighted by Crippen LogP contribution is 2.35. The number of halogens is 1. The second-order valence-electron chi connectivity index (χ2n) is 5.94. The Morgan fingerprint density at radius 1 is 1.04 bits per heavy atom. The monoisotopic (exact) mass is 431 g/mol. The predicted octanol–water partition coefficient (Wildman–Crippen LogP) is 3.68. The van der Waals surface area contributed by atoms with E-state index >= 15 is 0 Å². The Labute approximate surface area is 164 Å². The Hall–Kier alpha value is -2.64. The number of aliphatic hydroxyl groups excluding tert-OH is 1. The molecule has 0 amide bonds. The predicted molar refractivity (Wildman–Crippen MR) is 104 cm³/mol. The molecule has 0 fully saturated rings. The second kappa shape index (κ2) is 7.94. The maximum atomic E-state index is 12.2. The standard InChI is InChI=1S/C20H18BrNO5/c1-26-19(24)18(23)17(12-7-9-13(21)10-8-12)15-11-22(20(25)27-2)16-6-4-3-5-14(15)16/h3-11,17-18,23H,1-2H3/t17-,18+/m0/s1. The Kier molecular flexibility index (Phi) is 5.62. The number of benzene rings is 2. The molecule has 0 unspecified atom stereocenters. The Morgan fingerprint density at radius 2 is 1.70 bits per heavy atom. The molecule has 6 nitrogen and oxygen atoms in total. The fourth-order valence-electron chi connectivity index (χ4n) is 3.16. The van der Waals surface area contributed by atoms with Gasteiger partial charge in [0.1, 0.15) is 0 Å². The highest BCUT2D eigenvalue weighted by atomic mass is 79.9. The van der Waals surface area contributed by atoms with Crippen LogP contribution in [0.5, 0.6) is 0 Å². The zero-order valence-electron chi connectivity index (χ0n) is 14.8. The smallest absolute Gasteiger partial charge is 0.418 e. The van der Waals surface area contributed by atoms with Crippen LogP contribution in [0.3, 0.4) is 0 Å². The molecule has 0 aliphatic rings. The maximum Gasteiger partial charge on any atom is 0.418 e. The summed E-state index contributed by atoms with van der Waals surface area (Å²) in [4.78, 5) is 24.3. The number of para-hydroxylation sites is 1. The fraction of sp³-hybridized carbons (Fsp3) is 0.200. The van der Waals surface area contributed by atoms with Crippen molar-refractivity contribution in [3.8, 4) is 0 Å². The average molecular weight is 432 g/mol. The van der Waals surface area contributed by atoms with E-state index in [2.05, 4.69) is 15.9 Å². The van der Waals surface area contributed by atoms with Crippen molar-refractivity contribution in [1.29, 1.82) is 0 Å². The molecule has 0 aliphatic heterocycles. The number of rotatable bonds is 4. The van der Waals surface area contributed by atoms with Crippen molar-refractivity contribution in [3.05, 3.63) is 70.3 Å². The first kappa shape index (κ1) is 19.1. The first-order valence-electron chi connectivity index (χ1n) is 8.17. The summed E-state index contributed by atoms with van der Waals surface area (Å²) in [5.41, 5.74) is 1.96. The highest BCUT2D eigenvalue weighted by molar-refractivity contribution is 9.10. The van der Waals surface area contributed by atoms with Gasteiger partial charge in [0.2, 0.25) is 0 Å². The van der Waals surface area contributed by atoms with Gasteiger partial charge in [0.15, 0.2) is 6.10 Å². The van der Waals surface area contributed by atoms with Crippen molar-refractivity contribution in [2.75, 3.05) is 14.2 Å². The number of ether oxygens (including phenoxy) is 2. The number of fused-ring (bicyclic) bond motifs is 1. The zero-order valence-corrected chi connectivity index (χ0v) is 16.3. The molecule has 3 rings (SSSR count). The summed E-state index contributed by atoms with van der Waals surface area (Å²) in [7, 11) is 2.52. The van der Waals surface area contributed by atoms with Crippen molar-refractivity contribution < 1.29 is 24.2 Å². The first-order chi connectivity index (χ1) is 13.0. The topological polar surface area (TPSA) is 77.8 Å². The van der Waals surface area contributed by atoms with Crippen LogP contribution in [0.1, 0.15) is 17.0 Å². The third kappa shape index (κ3) is 3.61. The summed E-state index contributed by atoms with van der Waals surface area (Å²) >= 11 is 3.38. The van der Waals surface area contributed by atoms with Gasteiger partial charge < -0.3 is 14.6 Å². The van der Waals surface area contributed by atoms with E-state index in [9.17, 15) is 14.7 Å². The van der Waals surface area contributed by atoms with Gasteiger partial charge in [0.05, 0.1) is 19.7 Å². The molecule has 3 aromatic rings. The lowest BCUT2D eigenvalue weighted by Gasteiger charge is -2.21. The molecule has 1 N–H and O–H groups in total. The number of aliphatic hydroxyl groups is 1. The van der Waals surface area contributed by atoms with Crippen LogP contribution in [0.2, 0.25) is 0 Å². The largest absolute Gasteiger partial charge is 0.467 e. The van der Waals surface area contributed by atoms with Gasteiger partial charge in [0.25, 0.3) is 0 Å². The van der Waals surface area contributed by atoms with Crippen molar-refractivity contribution >= 4 is 38.9 Å². The molecule has 0 saturated heterocycles. The Morgan fingerprint density at radius 3 is 2.33 bits per heavy atom. The summed E-state index contributed by atoms with van der Waals surface area (Å²) in [6.07, 6.45) is -0.400. The number of carbonyl (C=O) groups excluding carboxylic acids is 2. The van der Waals surface area contributed by atoms with E-state index in [1.807, 2.05) is 36.4 Å². The Balaban J connectivity index is 2.25.